The number of anilines is 1. The topological polar surface area (TPSA) is 103 Å². The highest BCUT2D eigenvalue weighted by Crippen LogP contribution is 2.51. The molecular formula is C19H23ClN3O4+. The van der Waals surface area contributed by atoms with Gasteiger partial charge in [0, 0.05) is 11.1 Å². The van der Waals surface area contributed by atoms with Gasteiger partial charge in [0.1, 0.15) is 24.0 Å². The number of halogens is 1. The first-order valence-corrected chi connectivity index (χ1v) is 9.42. The van der Waals surface area contributed by atoms with Gasteiger partial charge < -0.3 is 15.7 Å². The number of quaternary nitrogens is 1. The summed E-state index contributed by atoms with van der Waals surface area (Å²) in [6, 6.07) is 4.55. The molecule has 27 heavy (non-hydrogen) atoms. The zero-order valence-electron chi connectivity index (χ0n) is 15.6. The predicted molar refractivity (Wildman–Crippen MR) is 97.7 cm³/mol. The predicted octanol–water partition coefficient (Wildman–Crippen LogP) is 0.213. The third kappa shape index (κ3) is 2.19. The molecule has 1 spiro atoms. The van der Waals surface area contributed by atoms with Crippen LogP contribution in [0, 0.1) is 11.8 Å². The summed E-state index contributed by atoms with van der Waals surface area (Å²) in [4.78, 5) is 41.0. The molecular weight excluding hydrogens is 370 g/mol. The van der Waals surface area contributed by atoms with E-state index in [0.29, 0.717) is 16.3 Å². The van der Waals surface area contributed by atoms with Crippen LogP contribution in [0.25, 0.3) is 0 Å². The maximum absolute atomic E-state index is 13.4. The molecule has 4 rings (SSSR count). The van der Waals surface area contributed by atoms with Crippen LogP contribution in [0.3, 0.4) is 0 Å². The van der Waals surface area contributed by atoms with E-state index in [0.717, 1.165) is 0 Å². The Kier molecular flexibility index (Phi) is 3.77. The van der Waals surface area contributed by atoms with E-state index in [-0.39, 0.29) is 17.7 Å². The van der Waals surface area contributed by atoms with Crippen molar-refractivity contribution >= 4 is 35.0 Å². The Morgan fingerprint density at radius 1 is 1.26 bits per heavy atom. The number of rotatable bonds is 1. The van der Waals surface area contributed by atoms with Gasteiger partial charge in [0.2, 0.25) is 17.4 Å². The van der Waals surface area contributed by atoms with E-state index in [4.69, 9.17) is 11.6 Å². The van der Waals surface area contributed by atoms with Crippen LogP contribution in [0.15, 0.2) is 18.2 Å². The summed E-state index contributed by atoms with van der Waals surface area (Å²) in [5.74, 6) is -2.74. The number of aliphatic hydroxyl groups excluding tert-OH is 1. The molecule has 1 aromatic carbocycles. The maximum Gasteiger partial charge on any atom is 0.291 e. The average Bonchev–Trinajstić information content (AvgIpc) is 3.13. The molecule has 0 unspecified atom stereocenters. The van der Waals surface area contributed by atoms with Gasteiger partial charge in [-0.05, 0) is 39.8 Å². The lowest BCUT2D eigenvalue weighted by Crippen LogP contribution is -3.00. The highest BCUT2D eigenvalue weighted by Gasteiger charge is 2.75. The van der Waals surface area contributed by atoms with Crippen LogP contribution in [0.2, 0.25) is 5.02 Å². The largest absolute Gasteiger partial charge is 0.387 e. The van der Waals surface area contributed by atoms with E-state index in [9.17, 15) is 19.5 Å². The van der Waals surface area contributed by atoms with Crippen molar-refractivity contribution in [1.29, 1.82) is 0 Å². The number of benzene rings is 1. The molecule has 3 aliphatic rings. The summed E-state index contributed by atoms with van der Waals surface area (Å²) in [5, 5.41) is 15.2. The molecule has 1 aromatic rings. The molecule has 0 radical (unpaired) electrons. The molecule has 0 saturated carbocycles. The Labute approximate surface area is 162 Å². The molecule has 7 nitrogen and oxygen atoms in total. The molecule has 0 bridgehead atoms. The maximum atomic E-state index is 13.4. The van der Waals surface area contributed by atoms with Crippen LogP contribution in [0.4, 0.5) is 5.69 Å². The Morgan fingerprint density at radius 3 is 2.52 bits per heavy atom. The number of aliphatic hydroxyl groups is 1. The minimum absolute atomic E-state index is 0.334. The SMILES string of the molecule is C[C@@H](O)[C@@H]1[NH2+][C@]2(C(=O)Nc3c(Cl)cccc32)[C@@H]2C(=O)N(C(C)(C)C)C(=O)[C@H]12. The normalized spacial score (nSPS) is 33.5. The zero-order valence-corrected chi connectivity index (χ0v) is 16.4. The second kappa shape index (κ2) is 5.53. The van der Waals surface area contributed by atoms with Crippen molar-refractivity contribution in [1.82, 2.24) is 4.90 Å². The van der Waals surface area contributed by atoms with E-state index in [1.807, 2.05) is 0 Å². The number of hydrogen-bond donors (Lipinski definition) is 3. The molecule has 2 fully saturated rings. The van der Waals surface area contributed by atoms with Crippen LogP contribution in [-0.2, 0) is 19.9 Å². The van der Waals surface area contributed by atoms with Crippen molar-refractivity contribution in [2.75, 3.05) is 5.32 Å². The fourth-order valence-corrected chi connectivity index (χ4v) is 5.20. The number of nitrogens with one attached hydrogen (secondary N) is 1. The number of para-hydroxylation sites is 1. The zero-order chi connectivity index (χ0) is 19.9. The number of nitrogens with two attached hydrogens (primary N) is 1. The van der Waals surface area contributed by atoms with Crippen LogP contribution in [0.5, 0.6) is 0 Å². The second-order valence-corrected chi connectivity index (χ2v) is 9.06. The third-order valence-corrected chi connectivity index (χ3v) is 6.33. The molecule has 0 aliphatic carbocycles. The van der Waals surface area contributed by atoms with Crippen LogP contribution < -0.4 is 10.6 Å². The molecule has 4 N–H and O–H groups in total. The fourth-order valence-electron chi connectivity index (χ4n) is 4.98. The Balaban J connectivity index is 1.95. The van der Waals surface area contributed by atoms with Crippen LogP contribution >= 0.6 is 11.6 Å². The minimum atomic E-state index is -1.31. The number of hydrogen-bond acceptors (Lipinski definition) is 4. The summed E-state index contributed by atoms with van der Waals surface area (Å²) in [6.45, 7) is 6.95. The monoisotopic (exact) mass is 392 g/mol. The number of carbonyl (C=O) groups is 3. The first kappa shape index (κ1) is 18.4. The van der Waals surface area contributed by atoms with Gasteiger partial charge in [0.15, 0.2) is 0 Å². The molecule has 5 atom stereocenters. The van der Waals surface area contributed by atoms with Gasteiger partial charge in [-0.1, -0.05) is 17.7 Å². The number of imide groups is 1. The molecule has 144 valence electrons. The van der Waals surface area contributed by atoms with Crippen LogP contribution in [-0.4, -0.2) is 45.4 Å². The number of nitrogens with zero attached hydrogens (tertiary/aromatic N) is 1. The average molecular weight is 393 g/mol. The number of fused-ring (bicyclic) bond motifs is 4. The summed E-state index contributed by atoms with van der Waals surface area (Å²) < 4.78 is 0. The minimum Gasteiger partial charge on any atom is -0.387 e. The first-order chi connectivity index (χ1) is 12.5. The van der Waals surface area contributed by atoms with E-state index in [2.05, 4.69) is 5.32 Å². The lowest BCUT2D eigenvalue weighted by molar-refractivity contribution is -0.738. The highest BCUT2D eigenvalue weighted by atomic mass is 35.5. The van der Waals surface area contributed by atoms with E-state index >= 15 is 0 Å². The smallest absolute Gasteiger partial charge is 0.291 e. The molecule has 8 heteroatoms. The summed E-state index contributed by atoms with van der Waals surface area (Å²) in [5.41, 5.74) is -0.955. The van der Waals surface area contributed by atoms with Gasteiger partial charge >= 0.3 is 0 Å². The first-order valence-electron chi connectivity index (χ1n) is 9.04. The van der Waals surface area contributed by atoms with E-state index < -0.39 is 35.1 Å². The Bertz CT molecular complexity index is 878. The fraction of sp³-hybridized carbons (Fsp3) is 0.526. The molecule has 3 heterocycles. The van der Waals surface area contributed by atoms with Gasteiger partial charge in [-0.3, -0.25) is 19.3 Å². The van der Waals surface area contributed by atoms with Crippen LogP contribution in [0.1, 0.15) is 33.3 Å². The lowest BCUT2D eigenvalue weighted by Gasteiger charge is -2.33. The quantitative estimate of drug-likeness (QED) is 0.594. The van der Waals surface area contributed by atoms with Gasteiger partial charge in [-0.2, -0.15) is 0 Å². The summed E-state index contributed by atoms with van der Waals surface area (Å²) >= 11 is 6.26. The standard InChI is InChI=1S/C19H22ClN3O4/c1-8(24)13-11-12(16(26)23(15(11)25)18(2,3)4)19(22-13)9-6-5-7-10(20)14(9)21-17(19)27/h5-8,11-13,22,24H,1-4H3,(H,21,27)/p+1/t8-,11+,12+,13+,19+/m1/s1. The van der Waals surface area contributed by atoms with Crippen molar-refractivity contribution in [3.05, 3.63) is 28.8 Å². The van der Waals surface area contributed by atoms with E-state index in [1.54, 1.807) is 51.2 Å². The van der Waals surface area contributed by atoms with Crippen molar-refractivity contribution in [3.63, 3.8) is 0 Å². The number of carbonyl (C=O) groups excluding carboxylic acids is 3. The van der Waals surface area contributed by atoms with Crippen molar-refractivity contribution in [2.45, 2.75) is 50.9 Å². The Morgan fingerprint density at radius 2 is 1.93 bits per heavy atom. The van der Waals surface area contributed by atoms with Crippen molar-refractivity contribution < 1.29 is 24.8 Å². The van der Waals surface area contributed by atoms with Gasteiger partial charge in [0.05, 0.1) is 10.7 Å². The highest BCUT2D eigenvalue weighted by molar-refractivity contribution is 6.35. The molecule has 3 aliphatic heterocycles. The van der Waals surface area contributed by atoms with Crippen molar-refractivity contribution in [3.8, 4) is 0 Å². The number of amides is 3. The number of likely N-dealkylation sites (tertiary alicyclic amines) is 1. The third-order valence-electron chi connectivity index (χ3n) is 6.01. The molecule has 3 amide bonds. The van der Waals surface area contributed by atoms with Gasteiger partial charge in [-0.15, -0.1) is 0 Å². The molecule has 0 aromatic heterocycles. The summed E-state index contributed by atoms with van der Waals surface area (Å²) in [7, 11) is 0. The Hall–Kier alpha value is -1.96. The van der Waals surface area contributed by atoms with E-state index in [1.165, 1.54) is 4.90 Å². The van der Waals surface area contributed by atoms with Gasteiger partial charge in [0.25, 0.3) is 5.91 Å². The lowest BCUT2D eigenvalue weighted by atomic mass is 9.76. The second-order valence-electron chi connectivity index (χ2n) is 8.66. The molecule has 2 saturated heterocycles. The van der Waals surface area contributed by atoms with Crippen molar-refractivity contribution in [2.24, 2.45) is 11.8 Å². The summed E-state index contributed by atoms with van der Waals surface area (Å²) in [6.07, 6.45) is -0.871. The van der Waals surface area contributed by atoms with Gasteiger partial charge in [-0.25, -0.2) is 0 Å².